The number of hydrogen-bond acceptors (Lipinski definition) is 3. The normalized spacial score (nSPS) is 11.8. The Morgan fingerprint density at radius 3 is 2.72 bits per heavy atom. The lowest BCUT2D eigenvalue weighted by molar-refractivity contribution is 0.618. The number of benzene rings is 1. The second kappa shape index (κ2) is 5.03. The highest BCUT2D eigenvalue weighted by atomic mass is 32.1. The van der Waals surface area contributed by atoms with Crippen LogP contribution >= 0.6 is 11.3 Å². The van der Waals surface area contributed by atoms with Crippen molar-refractivity contribution in [3.8, 4) is 6.07 Å². The van der Waals surface area contributed by atoms with Gasteiger partial charge < -0.3 is 5.73 Å². The van der Waals surface area contributed by atoms with E-state index in [1.807, 2.05) is 17.5 Å². The molecule has 0 bridgehead atoms. The molecule has 0 fully saturated rings. The largest absolute Gasteiger partial charge is 0.397 e. The minimum absolute atomic E-state index is 0.277. The van der Waals surface area contributed by atoms with Crippen LogP contribution in [0.25, 0.3) is 11.3 Å². The number of halogens is 1. The molecule has 0 atom stereocenters. The molecule has 0 aliphatic heterocycles. The second-order valence-corrected chi connectivity index (χ2v) is 4.79. The average Bonchev–Trinajstić information content (AvgIpc) is 2.87. The Bertz CT molecular complexity index is 636. The van der Waals surface area contributed by atoms with E-state index in [-0.39, 0.29) is 5.82 Å². The van der Waals surface area contributed by atoms with Crippen LogP contribution in [0.5, 0.6) is 0 Å². The van der Waals surface area contributed by atoms with E-state index in [4.69, 9.17) is 5.73 Å². The van der Waals surface area contributed by atoms with Crippen LogP contribution in [0, 0.1) is 24.1 Å². The fourth-order valence-electron chi connectivity index (χ4n) is 1.63. The van der Waals surface area contributed by atoms with Crippen LogP contribution in [0.15, 0.2) is 35.7 Å². The number of nitriles is 1. The van der Waals surface area contributed by atoms with Gasteiger partial charge in [-0.25, -0.2) is 4.39 Å². The van der Waals surface area contributed by atoms with E-state index in [0.717, 1.165) is 4.88 Å². The molecule has 0 amide bonds. The molecule has 2 N–H and O–H groups in total. The lowest BCUT2D eigenvalue weighted by atomic mass is 10.0. The van der Waals surface area contributed by atoms with E-state index in [2.05, 4.69) is 6.07 Å². The van der Waals surface area contributed by atoms with Gasteiger partial charge >= 0.3 is 0 Å². The number of hydrogen-bond donors (Lipinski definition) is 1. The summed E-state index contributed by atoms with van der Waals surface area (Å²) in [5.74, 6) is -0.277. The van der Waals surface area contributed by atoms with Crippen LogP contribution < -0.4 is 5.73 Å². The Morgan fingerprint density at radius 2 is 2.17 bits per heavy atom. The van der Waals surface area contributed by atoms with Gasteiger partial charge in [-0.3, -0.25) is 0 Å². The van der Waals surface area contributed by atoms with Crippen LogP contribution in [0.2, 0.25) is 0 Å². The van der Waals surface area contributed by atoms with Gasteiger partial charge in [-0.2, -0.15) is 5.26 Å². The zero-order valence-corrected chi connectivity index (χ0v) is 10.6. The van der Waals surface area contributed by atoms with Gasteiger partial charge in [0.1, 0.15) is 11.9 Å². The first-order chi connectivity index (χ1) is 8.63. The quantitative estimate of drug-likeness (QED) is 0.837. The molecule has 0 aliphatic rings. The lowest BCUT2D eigenvalue weighted by Gasteiger charge is -2.06. The van der Waals surface area contributed by atoms with E-state index >= 15 is 0 Å². The zero-order chi connectivity index (χ0) is 13.1. The number of aryl methyl sites for hydroxylation is 1. The van der Waals surface area contributed by atoms with Gasteiger partial charge in [-0.05, 0) is 47.7 Å². The Hall–Kier alpha value is -2.12. The van der Waals surface area contributed by atoms with E-state index in [9.17, 15) is 9.65 Å². The molecule has 0 spiro atoms. The molecule has 0 aliphatic carbocycles. The number of nitrogens with zero attached hydrogens (tertiary/aromatic N) is 1. The van der Waals surface area contributed by atoms with Crippen molar-refractivity contribution in [3.05, 3.63) is 57.5 Å². The molecule has 0 radical (unpaired) electrons. The topological polar surface area (TPSA) is 49.8 Å². The third-order valence-electron chi connectivity index (χ3n) is 2.62. The van der Waals surface area contributed by atoms with E-state index in [1.54, 1.807) is 19.1 Å². The zero-order valence-electron chi connectivity index (χ0n) is 9.77. The van der Waals surface area contributed by atoms with Crippen LogP contribution in [-0.2, 0) is 0 Å². The molecule has 1 aromatic carbocycles. The SMILES string of the molecule is Cc1cc(/C(N)=C(/C#N)c2cccs2)ccc1F. The first kappa shape index (κ1) is 12.3. The van der Waals surface area contributed by atoms with Gasteiger partial charge in [-0.1, -0.05) is 6.07 Å². The molecule has 2 rings (SSSR count). The Balaban J connectivity index is 2.54. The van der Waals surface area contributed by atoms with Gasteiger partial charge in [0.25, 0.3) is 0 Å². The highest BCUT2D eigenvalue weighted by molar-refractivity contribution is 7.11. The van der Waals surface area contributed by atoms with Crippen molar-refractivity contribution in [2.75, 3.05) is 0 Å². The van der Waals surface area contributed by atoms with Crippen molar-refractivity contribution in [1.29, 1.82) is 5.26 Å². The molecule has 0 saturated carbocycles. The molecule has 2 nitrogen and oxygen atoms in total. The lowest BCUT2D eigenvalue weighted by Crippen LogP contribution is -2.00. The van der Waals surface area contributed by atoms with Crippen molar-refractivity contribution in [2.24, 2.45) is 5.73 Å². The summed E-state index contributed by atoms with van der Waals surface area (Å²) in [6.45, 7) is 1.67. The first-order valence-corrected chi connectivity index (χ1v) is 6.21. The molecule has 90 valence electrons. The van der Waals surface area contributed by atoms with E-state index < -0.39 is 0 Å². The maximum atomic E-state index is 13.2. The molecule has 1 heterocycles. The average molecular weight is 258 g/mol. The van der Waals surface area contributed by atoms with Gasteiger partial charge in [0.05, 0.1) is 11.3 Å². The fourth-order valence-corrected chi connectivity index (χ4v) is 2.36. The number of rotatable bonds is 2. The summed E-state index contributed by atoms with van der Waals surface area (Å²) in [4.78, 5) is 0.817. The van der Waals surface area contributed by atoms with Crippen molar-refractivity contribution < 1.29 is 4.39 Å². The molecule has 1 aromatic heterocycles. The summed E-state index contributed by atoms with van der Waals surface area (Å²) in [6.07, 6.45) is 0. The molecular formula is C14H11FN2S. The van der Waals surface area contributed by atoms with Crippen molar-refractivity contribution >= 4 is 22.6 Å². The standard InChI is InChI=1S/C14H11FN2S/c1-9-7-10(4-5-12(9)15)14(17)11(8-16)13-3-2-6-18-13/h2-7H,17H2,1H3/b14-11+. The molecule has 0 saturated heterocycles. The molecule has 18 heavy (non-hydrogen) atoms. The van der Waals surface area contributed by atoms with E-state index in [1.165, 1.54) is 17.4 Å². The summed E-state index contributed by atoms with van der Waals surface area (Å²) in [5, 5.41) is 11.1. The summed E-state index contributed by atoms with van der Waals surface area (Å²) in [7, 11) is 0. The van der Waals surface area contributed by atoms with Crippen LogP contribution in [0.4, 0.5) is 4.39 Å². The van der Waals surface area contributed by atoms with Gasteiger partial charge in [-0.15, -0.1) is 11.3 Å². The smallest absolute Gasteiger partial charge is 0.126 e. The number of thiophene rings is 1. The van der Waals surface area contributed by atoms with Gasteiger partial charge in [0.2, 0.25) is 0 Å². The Morgan fingerprint density at radius 1 is 1.39 bits per heavy atom. The maximum absolute atomic E-state index is 13.2. The summed E-state index contributed by atoms with van der Waals surface area (Å²) in [5.41, 5.74) is 7.98. The monoisotopic (exact) mass is 258 g/mol. The van der Waals surface area contributed by atoms with Crippen LogP contribution in [0.1, 0.15) is 16.0 Å². The Kier molecular flexibility index (Phi) is 3.45. The van der Waals surface area contributed by atoms with E-state index in [0.29, 0.717) is 22.4 Å². The third kappa shape index (κ3) is 2.27. The molecular weight excluding hydrogens is 247 g/mol. The first-order valence-electron chi connectivity index (χ1n) is 5.33. The maximum Gasteiger partial charge on any atom is 0.126 e. The van der Waals surface area contributed by atoms with Crippen LogP contribution in [0.3, 0.4) is 0 Å². The van der Waals surface area contributed by atoms with Crippen molar-refractivity contribution in [1.82, 2.24) is 0 Å². The minimum Gasteiger partial charge on any atom is -0.397 e. The van der Waals surface area contributed by atoms with Crippen molar-refractivity contribution in [3.63, 3.8) is 0 Å². The fraction of sp³-hybridized carbons (Fsp3) is 0.0714. The third-order valence-corrected chi connectivity index (χ3v) is 3.51. The highest BCUT2D eigenvalue weighted by Crippen LogP contribution is 2.26. The van der Waals surface area contributed by atoms with Gasteiger partial charge in [0, 0.05) is 4.88 Å². The molecule has 0 unspecified atom stereocenters. The highest BCUT2D eigenvalue weighted by Gasteiger charge is 2.10. The summed E-state index contributed by atoms with van der Waals surface area (Å²) in [6, 6.07) is 10.4. The summed E-state index contributed by atoms with van der Waals surface area (Å²) >= 11 is 1.45. The number of nitrogens with two attached hydrogens (primary N) is 1. The van der Waals surface area contributed by atoms with Gasteiger partial charge in [0.15, 0.2) is 0 Å². The predicted molar refractivity (Wildman–Crippen MR) is 72.1 cm³/mol. The predicted octanol–water partition coefficient (Wildman–Crippen LogP) is 3.55. The molecule has 2 aromatic rings. The van der Waals surface area contributed by atoms with Crippen molar-refractivity contribution in [2.45, 2.75) is 6.92 Å². The Labute approximate surface area is 109 Å². The second-order valence-electron chi connectivity index (χ2n) is 3.84. The van der Waals surface area contributed by atoms with Crippen LogP contribution in [-0.4, -0.2) is 0 Å². The summed E-state index contributed by atoms with van der Waals surface area (Å²) < 4.78 is 13.2. The minimum atomic E-state index is -0.277. The number of allylic oxidation sites excluding steroid dienone is 1. The molecule has 4 heteroatoms.